The van der Waals surface area contributed by atoms with Gasteiger partial charge in [0.1, 0.15) is 17.0 Å². The van der Waals surface area contributed by atoms with Crippen molar-refractivity contribution in [2.75, 3.05) is 0 Å². The van der Waals surface area contributed by atoms with Gasteiger partial charge in [-0.2, -0.15) is 5.10 Å². The molecule has 0 radical (unpaired) electrons. The largest absolute Gasteiger partial charge is 0.422 e. The topological polar surface area (TPSA) is 73.3 Å². The van der Waals surface area contributed by atoms with Crippen LogP contribution in [0.25, 0.3) is 22.5 Å². The van der Waals surface area contributed by atoms with E-state index in [1.807, 2.05) is 71.0 Å². The fraction of sp³-hybridized carbons (Fsp3) is 0.115. The summed E-state index contributed by atoms with van der Waals surface area (Å²) in [7, 11) is 0. The number of carbonyl (C=O) groups excluding carboxylic acids is 1. The van der Waals surface area contributed by atoms with Crippen molar-refractivity contribution in [2.24, 2.45) is 0 Å². The Morgan fingerprint density at radius 1 is 0.970 bits per heavy atom. The van der Waals surface area contributed by atoms with Crippen molar-refractivity contribution in [3.63, 3.8) is 0 Å². The van der Waals surface area contributed by atoms with Gasteiger partial charge in [0, 0.05) is 23.3 Å². The van der Waals surface area contributed by atoms with Gasteiger partial charge in [0.25, 0.3) is 5.91 Å². The summed E-state index contributed by atoms with van der Waals surface area (Å²) in [5.74, 6) is 0.537. The molecule has 7 heteroatoms. The minimum absolute atomic E-state index is 0.0351. The molecule has 0 saturated heterocycles. The van der Waals surface area contributed by atoms with E-state index < -0.39 is 5.63 Å². The maximum Gasteiger partial charge on any atom is 0.349 e. The second-order valence-electron chi connectivity index (χ2n) is 8.24. The Bertz CT molecular complexity index is 1580. The van der Waals surface area contributed by atoms with Gasteiger partial charge in [0.05, 0.1) is 24.5 Å². The number of amides is 1. The van der Waals surface area contributed by atoms with Crippen LogP contribution < -0.4 is 5.63 Å². The fourth-order valence-electron chi connectivity index (χ4n) is 4.41. The monoisotopic (exact) mass is 436 g/mol. The Morgan fingerprint density at radius 3 is 2.61 bits per heavy atom. The SMILES string of the molecule is Cc1cccc(-n2nc3c(c2-n2cccc2)CN(C(=O)c2cc4ccccc4oc2=O)C3)c1. The molecular weight excluding hydrogens is 416 g/mol. The van der Waals surface area contributed by atoms with E-state index in [4.69, 9.17) is 9.52 Å². The van der Waals surface area contributed by atoms with Crippen molar-refractivity contribution < 1.29 is 9.21 Å². The van der Waals surface area contributed by atoms with Gasteiger partial charge in [0.15, 0.2) is 0 Å². The number of hydrogen-bond acceptors (Lipinski definition) is 4. The summed E-state index contributed by atoms with van der Waals surface area (Å²) < 4.78 is 9.30. The van der Waals surface area contributed by atoms with Gasteiger partial charge in [-0.05, 0) is 48.9 Å². The van der Waals surface area contributed by atoms with Crippen molar-refractivity contribution in [2.45, 2.75) is 20.0 Å². The lowest BCUT2D eigenvalue weighted by atomic mass is 10.1. The van der Waals surface area contributed by atoms with Crippen molar-refractivity contribution >= 4 is 16.9 Å². The molecule has 0 fully saturated rings. The number of fused-ring (bicyclic) bond motifs is 2. The molecule has 0 bridgehead atoms. The van der Waals surface area contributed by atoms with Crippen LogP contribution in [0.15, 0.2) is 88.3 Å². The molecule has 6 rings (SSSR count). The minimum Gasteiger partial charge on any atom is -0.422 e. The molecule has 0 unspecified atom stereocenters. The number of benzene rings is 2. The van der Waals surface area contributed by atoms with Crippen LogP contribution >= 0.6 is 0 Å². The van der Waals surface area contributed by atoms with E-state index in [0.717, 1.165) is 33.7 Å². The maximum atomic E-state index is 13.3. The van der Waals surface area contributed by atoms with Crippen LogP contribution in [0.1, 0.15) is 27.2 Å². The molecule has 162 valence electrons. The highest BCUT2D eigenvalue weighted by molar-refractivity contribution is 5.97. The second-order valence-corrected chi connectivity index (χ2v) is 8.24. The van der Waals surface area contributed by atoms with Crippen molar-refractivity contribution in [3.8, 4) is 11.5 Å². The van der Waals surface area contributed by atoms with Crippen molar-refractivity contribution in [1.29, 1.82) is 0 Å². The molecule has 7 nitrogen and oxygen atoms in total. The van der Waals surface area contributed by atoms with Crippen LogP contribution in [0, 0.1) is 6.92 Å². The zero-order valence-corrected chi connectivity index (χ0v) is 17.9. The summed E-state index contributed by atoms with van der Waals surface area (Å²) in [6.07, 6.45) is 3.93. The van der Waals surface area contributed by atoms with E-state index in [1.54, 1.807) is 23.1 Å². The van der Waals surface area contributed by atoms with E-state index in [0.29, 0.717) is 18.7 Å². The molecule has 0 spiro atoms. The molecule has 33 heavy (non-hydrogen) atoms. The molecule has 3 aromatic heterocycles. The lowest BCUT2D eigenvalue weighted by Gasteiger charge is -2.17. The lowest BCUT2D eigenvalue weighted by molar-refractivity contribution is 0.0745. The first-order chi connectivity index (χ1) is 16.1. The van der Waals surface area contributed by atoms with Gasteiger partial charge in [-0.3, -0.25) is 4.79 Å². The van der Waals surface area contributed by atoms with Crippen LogP contribution in [0.2, 0.25) is 0 Å². The zero-order valence-electron chi connectivity index (χ0n) is 17.9. The predicted molar refractivity (Wildman–Crippen MR) is 124 cm³/mol. The van der Waals surface area contributed by atoms with Gasteiger partial charge >= 0.3 is 5.63 Å². The molecular formula is C26H20N4O3. The van der Waals surface area contributed by atoms with Gasteiger partial charge in [0.2, 0.25) is 0 Å². The number of nitrogens with zero attached hydrogens (tertiary/aromatic N) is 4. The standard InChI is InChI=1S/C26H20N4O3/c1-17-7-6-9-19(13-17)30-24(28-11-4-5-12-28)21-15-29(16-22(21)27-30)25(31)20-14-18-8-2-3-10-23(18)33-26(20)32/h2-14H,15-16H2,1H3. The number of para-hydroxylation sites is 1. The van der Waals surface area contributed by atoms with Crippen molar-refractivity contribution in [3.05, 3.63) is 112 Å². The van der Waals surface area contributed by atoms with Crippen LogP contribution in [-0.2, 0) is 13.1 Å². The number of hydrogen-bond donors (Lipinski definition) is 0. The minimum atomic E-state index is -0.626. The summed E-state index contributed by atoms with van der Waals surface area (Å²) in [4.78, 5) is 27.5. The van der Waals surface area contributed by atoms with E-state index >= 15 is 0 Å². The van der Waals surface area contributed by atoms with Crippen LogP contribution in [0.3, 0.4) is 0 Å². The molecule has 0 N–H and O–H groups in total. The molecule has 1 aliphatic rings. The molecule has 0 saturated carbocycles. The van der Waals surface area contributed by atoms with Gasteiger partial charge in [-0.25, -0.2) is 9.48 Å². The van der Waals surface area contributed by atoms with Gasteiger partial charge in [-0.15, -0.1) is 0 Å². The summed E-state index contributed by atoms with van der Waals surface area (Å²) in [5.41, 5.74) is 3.76. The third-order valence-electron chi connectivity index (χ3n) is 5.98. The first-order valence-electron chi connectivity index (χ1n) is 10.7. The first kappa shape index (κ1) is 19.3. The lowest BCUT2D eigenvalue weighted by Crippen LogP contribution is -2.30. The fourth-order valence-corrected chi connectivity index (χ4v) is 4.41. The summed E-state index contributed by atoms with van der Waals surface area (Å²) in [5, 5.41) is 5.57. The van der Waals surface area contributed by atoms with Gasteiger partial charge < -0.3 is 13.9 Å². The van der Waals surface area contributed by atoms with Crippen LogP contribution in [-0.4, -0.2) is 25.2 Å². The molecule has 0 aliphatic carbocycles. The Balaban J connectivity index is 1.40. The Kier molecular flexibility index (Phi) is 4.29. The molecule has 1 amide bonds. The third-order valence-corrected chi connectivity index (χ3v) is 5.98. The zero-order chi connectivity index (χ0) is 22.5. The maximum absolute atomic E-state index is 13.3. The van der Waals surface area contributed by atoms with Crippen molar-refractivity contribution in [1.82, 2.24) is 19.2 Å². The molecule has 5 aromatic rings. The van der Waals surface area contributed by atoms with Gasteiger partial charge in [-0.1, -0.05) is 30.3 Å². The van der Waals surface area contributed by atoms with E-state index in [2.05, 4.69) is 6.07 Å². The third kappa shape index (κ3) is 3.17. The number of rotatable bonds is 3. The highest BCUT2D eigenvalue weighted by Gasteiger charge is 2.33. The Morgan fingerprint density at radius 2 is 1.79 bits per heavy atom. The summed E-state index contributed by atoms with van der Waals surface area (Å²) in [6, 6.07) is 20.9. The van der Waals surface area contributed by atoms with E-state index in [9.17, 15) is 9.59 Å². The smallest absolute Gasteiger partial charge is 0.349 e. The second kappa shape index (κ2) is 7.34. The highest BCUT2D eigenvalue weighted by Crippen LogP contribution is 2.31. The van der Waals surface area contributed by atoms with Crippen LogP contribution in [0.4, 0.5) is 0 Å². The molecule has 1 aliphatic heterocycles. The highest BCUT2D eigenvalue weighted by atomic mass is 16.4. The molecule has 2 aromatic carbocycles. The number of aryl methyl sites for hydroxylation is 1. The van der Waals surface area contributed by atoms with E-state index in [1.165, 1.54) is 0 Å². The normalized spacial score (nSPS) is 12.9. The predicted octanol–water partition coefficient (Wildman–Crippen LogP) is 4.23. The average molecular weight is 436 g/mol. The first-order valence-corrected chi connectivity index (χ1v) is 10.7. The van der Waals surface area contributed by atoms with Crippen LogP contribution in [0.5, 0.6) is 0 Å². The average Bonchev–Trinajstić information content (AvgIpc) is 3.54. The van der Waals surface area contributed by atoms with E-state index in [-0.39, 0.29) is 11.5 Å². The molecule has 4 heterocycles. The Hall–Kier alpha value is -4.39. The molecule has 0 atom stereocenters. The quantitative estimate of drug-likeness (QED) is 0.397. The number of aromatic nitrogens is 3. The number of carbonyl (C=O) groups is 1. The summed E-state index contributed by atoms with van der Waals surface area (Å²) in [6.45, 7) is 2.73. The Labute approximate surface area is 189 Å². The summed E-state index contributed by atoms with van der Waals surface area (Å²) >= 11 is 0.